The molecule has 1 aliphatic heterocycles. The topological polar surface area (TPSA) is 70.0 Å². The Labute approximate surface area is 102 Å². The van der Waals surface area contributed by atoms with Crippen molar-refractivity contribution in [2.75, 3.05) is 26.3 Å². The summed E-state index contributed by atoms with van der Waals surface area (Å²) in [5.41, 5.74) is 0. The zero-order chi connectivity index (χ0) is 12.7. The molecule has 0 aromatic carbocycles. The van der Waals surface area contributed by atoms with Gasteiger partial charge < -0.3 is 19.8 Å². The predicted octanol–water partition coefficient (Wildman–Crippen LogP) is 0.713. The minimum Gasteiger partial charge on any atom is -0.481 e. The van der Waals surface area contributed by atoms with Crippen molar-refractivity contribution in [2.45, 2.75) is 44.8 Å². The molecule has 0 saturated carbocycles. The van der Waals surface area contributed by atoms with E-state index in [0.717, 1.165) is 25.9 Å². The minimum absolute atomic E-state index is 0.0786. The Hall–Kier alpha value is -0.650. The number of carboxylic acid groups (broad SMARTS) is 1. The number of rotatable bonds is 7. The van der Waals surface area contributed by atoms with Gasteiger partial charge in [0.2, 0.25) is 0 Å². The molecule has 1 atom stereocenters. The maximum atomic E-state index is 10.5. The summed E-state index contributed by atoms with van der Waals surface area (Å²) in [7, 11) is 0. The van der Waals surface area contributed by atoms with Crippen molar-refractivity contribution in [3.63, 3.8) is 0 Å². The van der Waals surface area contributed by atoms with E-state index in [1.165, 1.54) is 0 Å². The average molecular weight is 245 g/mol. The molecule has 1 unspecified atom stereocenters. The van der Waals surface area contributed by atoms with Crippen LogP contribution < -0.4 is 0 Å². The van der Waals surface area contributed by atoms with E-state index >= 15 is 0 Å². The Bertz CT molecular complexity index is 227. The highest BCUT2D eigenvalue weighted by molar-refractivity contribution is 5.66. The second-order valence-corrected chi connectivity index (χ2v) is 4.61. The van der Waals surface area contributed by atoms with E-state index in [2.05, 4.69) is 11.8 Å². The van der Waals surface area contributed by atoms with Gasteiger partial charge in [0.05, 0.1) is 19.3 Å². The number of ether oxygens (including phenoxy) is 1. The number of aliphatic hydroxyl groups excluding tert-OH is 1. The lowest BCUT2D eigenvalue weighted by molar-refractivity contribution is -0.137. The number of nitrogens with zero attached hydrogens (tertiary/aromatic N) is 1. The van der Waals surface area contributed by atoms with E-state index in [1.807, 2.05) is 0 Å². The van der Waals surface area contributed by atoms with Crippen molar-refractivity contribution in [3.05, 3.63) is 0 Å². The summed E-state index contributed by atoms with van der Waals surface area (Å²) in [6, 6.07) is 0.324. The Morgan fingerprint density at radius 3 is 2.65 bits per heavy atom. The number of hydrogen-bond donors (Lipinski definition) is 2. The average Bonchev–Trinajstić information content (AvgIpc) is 2.34. The van der Waals surface area contributed by atoms with Crippen LogP contribution in [0.25, 0.3) is 0 Å². The largest absolute Gasteiger partial charge is 0.481 e. The van der Waals surface area contributed by atoms with Gasteiger partial charge in [0.1, 0.15) is 0 Å². The third kappa shape index (κ3) is 5.48. The van der Waals surface area contributed by atoms with Crippen molar-refractivity contribution in [2.24, 2.45) is 0 Å². The Morgan fingerprint density at radius 2 is 2.12 bits per heavy atom. The van der Waals surface area contributed by atoms with Crippen LogP contribution >= 0.6 is 0 Å². The van der Waals surface area contributed by atoms with E-state index in [4.69, 9.17) is 14.9 Å². The normalized spacial score (nSPS) is 20.4. The lowest BCUT2D eigenvalue weighted by Crippen LogP contribution is -2.42. The van der Waals surface area contributed by atoms with Gasteiger partial charge in [-0.1, -0.05) is 0 Å². The molecule has 1 saturated heterocycles. The second-order valence-electron chi connectivity index (χ2n) is 4.61. The van der Waals surface area contributed by atoms with Gasteiger partial charge in [0.15, 0.2) is 0 Å². The number of likely N-dealkylation sites (tertiary alicyclic amines) is 1. The van der Waals surface area contributed by atoms with Crippen molar-refractivity contribution in [1.82, 2.24) is 4.90 Å². The molecule has 2 N–H and O–H groups in total. The summed E-state index contributed by atoms with van der Waals surface area (Å²) >= 11 is 0. The standard InChI is InChI=1S/C12H23NO4/c1-10(2-3-12(15)16)13-6-4-11(5-7-13)17-9-8-14/h10-11,14H,2-9H2,1H3,(H,15,16). The van der Waals surface area contributed by atoms with Crippen LogP contribution in [0, 0.1) is 0 Å². The van der Waals surface area contributed by atoms with Crippen LogP contribution in [-0.2, 0) is 9.53 Å². The molecule has 0 aromatic rings. The molecule has 0 bridgehead atoms. The summed E-state index contributed by atoms with van der Waals surface area (Å²) in [5.74, 6) is -0.724. The zero-order valence-electron chi connectivity index (χ0n) is 10.5. The van der Waals surface area contributed by atoms with Gasteiger partial charge >= 0.3 is 5.97 Å². The first-order valence-corrected chi connectivity index (χ1v) is 6.31. The van der Waals surface area contributed by atoms with E-state index in [0.29, 0.717) is 19.1 Å². The summed E-state index contributed by atoms with van der Waals surface area (Å²) in [6.45, 7) is 4.49. The number of aliphatic carboxylic acids is 1. The quantitative estimate of drug-likeness (QED) is 0.691. The van der Waals surface area contributed by atoms with Crippen LogP contribution in [-0.4, -0.2) is 59.5 Å². The first kappa shape index (κ1) is 14.4. The van der Waals surface area contributed by atoms with Crippen molar-refractivity contribution in [3.8, 4) is 0 Å². The fourth-order valence-electron chi connectivity index (χ4n) is 2.22. The molecule has 1 heterocycles. The van der Waals surface area contributed by atoms with Crippen LogP contribution in [0.1, 0.15) is 32.6 Å². The Balaban J connectivity index is 2.19. The third-order valence-corrected chi connectivity index (χ3v) is 3.32. The maximum absolute atomic E-state index is 10.5. The predicted molar refractivity (Wildman–Crippen MR) is 64.0 cm³/mol. The summed E-state index contributed by atoms with van der Waals surface area (Å²) in [5, 5.41) is 17.3. The molecule has 0 aromatic heterocycles. The lowest BCUT2D eigenvalue weighted by atomic mass is 10.0. The number of carbonyl (C=O) groups is 1. The molecule has 0 radical (unpaired) electrons. The van der Waals surface area contributed by atoms with Gasteiger partial charge in [-0.05, 0) is 26.2 Å². The third-order valence-electron chi connectivity index (χ3n) is 3.32. The zero-order valence-corrected chi connectivity index (χ0v) is 10.5. The number of piperidine rings is 1. The second kappa shape index (κ2) is 7.63. The minimum atomic E-state index is -0.724. The first-order valence-electron chi connectivity index (χ1n) is 6.31. The molecule has 0 spiro atoms. The smallest absolute Gasteiger partial charge is 0.303 e. The van der Waals surface area contributed by atoms with Crippen LogP contribution in [0.4, 0.5) is 0 Å². The number of carboxylic acids is 1. The highest BCUT2D eigenvalue weighted by Crippen LogP contribution is 2.17. The Morgan fingerprint density at radius 1 is 1.47 bits per heavy atom. The van der Waals surface area contributed by atoms with Crippen LogP contribution in [0.2, 0.25) is 0 Å². The van der Waals surface area contributed by atoms with E-state index in [1.54, 1.807) is 0 Å². The fraction of sp³-hybridized carbons (Fsp3) is 0.917. The molecule has 5 heteroatoms. The van der Waals surface area contributed by atoms with Crippen molar-refractivity contribution < 1.29 is 19.7 Å². The summed E-state index contributed by atoms with van der Waals surface area (Å²) < 4.78 is 5.49. The molecule has 17 heavy (non-hydrogen) atoms. The van der Waals surface area contributed by atoms with Crippen molar-refractivity contribution >= 4 is 5.97 Å². The fourth-order valence-corrected chi connectivity index (χ4v) is 2.22. The molecule has 1 rings (SSSR count). The maximum Gasteiger partial charge on any atom is 0.303 e. The Kier molecular flexibility index (Phi) is 6.47. The molecule has 0 aliphatic carbocycles. The summed E-state index contributed by atoms with van der Waals surface area (Å²) in [6.07, 6.45) is 3.14. The SMILES string of the molecule is CC(CCC(=O)O)N1CCC(OCCO)CC1. The van der Waals surface area contributed by atoms with Gasteiger partial charge in [-0.3, -0.25) is 4.79 Å². The van der Waals surface area contributed by atoms with Gasteiger partial charge in [-0.25, -0.2) is 0 Å². The molecule has 100 valence electrons. The number of hydrogen-bond acceptors (Lipinski definition) is 4. The molecule has 0 amide bonds. The van der Waals surface area contributed by atoms with Gasteiger partial charge in [-0.15, -0.1) is 0 Å². The number of aliphatic hydroxyl groups is 1. The van der Waals surface area contributed by atoms with Gasteiger partial charge in [0, 0.05) is 25.6 Å². The van der Waals surface area contributed by atoms with Gasteiger partial charge in [0.25, 0.3) is 0 Å². The highest BCUT2D eigenvalue weighted by atomic mass is 16.5. The molecule has 1 aliphatic rings. The van der Waals surface area contributed by atoms with E-state index in [9.17, 15) is 4.79 Å². The molecule has 1 fully saturated rings. The van der Waals surface area contributed by atoms with Crippen LogP contribution in [0.15, 0.2) is 0 Å². The molecule has 5 nitrogen and oxygen atoms in total. The lowest BCUT2D eigenvalue weighted by Gasteiger charge is -2.35. The van der Waals surface area contributed by atoms with E-state index < -0.39 is 5.97 Å². The monoisotopic (exact) mass is 245 g/mol. The van der Waals surface area contributed by atoms with Crippen molar-refractivity contribution in [1.29, 1.82) is 0 Å². The van der Waals surface area contributed by atoms with E-state index in [-0.39, 0.29) is 19.1 Å². The summed E-state index contributed by atoms with van der Waals surface area (Å²) in [4.78, 5) is 12.8. The first-order chi connectivity index (χ1) is 8.13. The highest BCUT2D eigenvalue weighted by Gasteiger charge is 2.23. The molecular formula is C12H23NO4. The van der Waals surface area contributed by atoms with Crippen LogP contribution in [0.3, 0.4) is 0 Å². The molecular weight excluding hydrogens is 222 g/mol. The van der Waals surface area contributed by atoms with Crippen LogP contribution in [0.5, 0.6) is 0 Å². The van der Waals surface area contributed by atoms with Gasteiger partial charge in [-0.2, -0.15) is 0 Å².